The fraction of sp³-hybridized carbons (Fsp3) is 0.263. The van der Waals surface area contributed by atoms with Crippen LogP contribution in [0.3, 0.4) is 0 Å². The van der Waals surface area contributed by atoms with Crippen molar-refractivity contribution in [2.75, 3.05) is 13.7 Å². The highest BCUT2D eigenvalue weighted by atomic mass is 16.5. The van der Waals surface area contributed by atoms with Crippen LogP contribution >= 0.6 is 0 Å². The maximum atomic E-state index is 12.4. The average molecular weight is 340 g/mol. The third kappa shape index (κ3) is 3.03. The highest BCUT2D eigenvalue weighted by Crippen LogP contribution is 2.40. The molecule has 1 saturated heterocycles. The Kier molecular flexibility index (Phi) is 4.61. The van der Waals surface area contributed by atoms with Crippen LogP contribution in [0, 0.1) is 5.92 Å². The number of carbonyl (C=O) groups is 2. The van der Waals surface area contributed by atoms with Crippen molar-refractivity contribution >= 4 is 22.8 Å². The standard InChI is InChI=1S/C19H20N2O4/c1-4-25-14-10-9-12-7-5-6-8-13(12)16(14)17-15(18(22)24-3)11(2)20-19(23)21-17/h5-10,15,17H,2,4H2,1,3H3,(H2,20,21,23)/t15-,17-/m0/s1. The van der Waals surface area contributed by atoms with Crippen LogP contribution in [-0.2, 0) is 9.53 Å². The van der Waals surface area contributed by atoms with E-state index in [2.05, 4.69) is 17.2 Å². The summed E-state index contributed by atoms with van der Waals surface area (Å²) in [5.41, 5.74) is 1.04. The van der Waals surface area contributed by atoms with Gasteiger partial charge in [0.25, 0.3) is 0 Å². The van der Waals surface area contributed by atoms with Gasteiger partial charge in [-0.25, -0.2) is 4.79 Å². The number of methoxy groups -OCH3 is 1. The number of hydrogen-bond donors (Lipinski definition) is 2. The van der Waals surface area contributed by atoms with Gasteiger partial charge in [-0.05, 0) is 23.8 Å². The van der Waals surface area contributed by atoms with Crippen LogP contribution in [0.15, 0.2) is 48.7 Å². The van der Waals surface area contributed by atoms with E-state index >= 15 is 0 Å². The van der Waals surface area contributed by atoms with Gasteiger partial charge in [-0.1, -0.05) is 36.9 Å². The summed E-state index contributed by atoms with van der Waals surface area (Å²) in [6.07, 6.45) is 0. The van der Waals surface area contributed by atoms with E-state index in [9.17, 15) is 9.59 Å². The Labute approximate surface area is 145 Å². The van der Waals surface area contributed by atoms with Gasteiger partial charge in [0.1, 0.15) is 11.7 Å². The molecule has 6 heteroatoms. The zero-order valence-corrected chi connectivity index (χ0v) is 14.2. The molecular formula is C19H20N2O4. The molecule has 2 amide bonds. The molecule has 1 aliphatic heterocycles. The predicted molar refractivity (Wildman–Crippen MR) is 94.2 cm³/mol. The number of nitrogens with one attached hydrogen (secondary N) is 2. The molecule has 1 aliphatic rings. The normalized spacial score (nSPS) is 19.9. The Morgan fingerprint density at radius 2 is 2.00 bits per heavy atom. The highest BCUT2D eigenvalue weighted by molar-refractivity contribution is 5.92. The Hall–Kier alpha value is -3.02. The van der Waals surface area contributed by atoms with E-state index in [1.165, 1.54) is 7.11 Å². The second-order valence-corrected chi connectivity index (χ2v) is 5.73. The Morgan fingerprint density at radius 1 is 1.24 bits per heavy atom. The van der Waals surface area contributed by atoms with Crippen molar-refractivity contribution in [1.29, 1.82) is 0 Å². The molecule has 0 radical (unpaired) electrons. The van der Waals surface area contributed by atoms with Gasteiger partial charge < -0.3 is 20.1 Å². The summed E-state index contributed by atoms with van der Waals surface area (Å²) in [6, 6.07) is 10.5. The molecule has 2 N–H and O–H groups in total. The minimum atomic E-state index is -0.757. The largest absolute Gasteiger partial charge is 0.493 e. The first-order chi connectivity index (χ1) is 12.1. The number of fused-ring (bicyclic) bond motifs is 1. The summed E-state index contributed by atoms with van der Waals surface area (Å²) in [7, 11) is 1.32. The molecule has 3 rings (SSSR count). The van der Waals surface area contributed by atoms with Gasteiger partial charge in [0.15, 0.2) is 0 Å². The zero-order chi connectivity index (χ0) is 18.0. The lowest BCUT2D eigenvalue weighted by Crippen LogP contribution is -2.51. The van der Waals surface area contributed by atoms with E-state index in [0.29, 0.717) is 18.1 Å². The van der Waals surface area contributed by atoms with Crippen molar-refractivity contribution < 1.29 is 19.1 Å². The van der Waals surface area contributed by atoms with Crippen LogP contribution in [0.25, 0.3) is 10.8 Å². The quantitative estimate of drug-likeness (QED) is 0.839. The van der Waals surface area contributed by atoms with Gasteiger partial charge >= 0.3 is 12.0 Å². The molecule has 6 nitrogen and oxygen atoms in total. The molecule has 1 fully saturated rings. The van der Waals surface area contributed by atoms with Crippen LogP contribution in [0.2, 0.25) is 0 Å². The second kappa shape index (κ2) is 6.84. The van der Waals surface area contributed by atoms with Crippen molar-refractivity contribution in [2.24, 2.45) is 5.92 Å². The third-order valence-corrected chi connectivity index (χ3v) is 4.27. The topological polar surface area (TPSA) is 76.7 Å². The first-order valence-corrected chi connectivity index (χ1v) is 8.05. The first kappa shape index (κ1) is 16.8. The highest BCUT2D eigenvalue weighted by Gasteiger charge is 2.40. The van der Waals surface area contributed by atoms with Crippen LogP contribution in [0.1, 0.15) is 18.5 Å². The van der Waals surface area contributed by atoms with Crippen molar-refractivity contribution in [1.82, 2.24) is 10.6 Å². The molecule has 0 aromatic heterocycles. The Morgan fingerprint density at radius 3 is 2.72 bits per heavy atom. The fourth-order valence-electron chi connectivity index (χ4n) is 3.21. The predicted octanol–water partition coefficient (Wildman–Crippen LogP) is 2.90. The number of hydrogen-bond acceptors (Lipinski definition) is 4. The van der Waals surface area contributed by atoms with E-state index < -0.39 is 24.0 Å². The molecule has 2 aromatic rings. The van der Waals surface area contributed by atoms with E-state index in [-0.39, 0.29) is 0 Å². The summed E-state index contributed by atoms with van der Waals surface area (Å²) < 4.78 is 10.7. The smallest absolute Gasteiger partial charge is 0.319 e. The van der Waals surface area contributed by atoms with E-state index in [1.807, 2.05) is 43.3 Å². The van der Waals surface area contributed by atoms with E-state index in [1.54, 1.807) is 0 Å². The van der Waals surface area contributed by atoms with Gasteiger partial charge in [0, 0.05) is 11.3 Å². The van der Waals surface area contributed by atoms with Crippen molar-refractivity contribution in [3.8, 4) is 5.75 Å². The van der Waals surface area contributed by atoms with Gasteiger partial charge in [0.2, 0.25) is 0 Å². The number of amides is 2. The molecule has 0 aliphatic carbocycles. The number of ether oxygens (including phenoxy) is 2. The maximum Gasteiger partial charge on any atom is 0.319 e. The summed E-state index contributed by atoms with van der Waals surface area (Å²) in [5.74, 6) is -0.610. The van der Waals surface area contributed by atoms with Crippen molar-refractivity contribution in [3.05, 3.63) is 54.2 Å². The lowest BCUT2D eigenvalue weighted by Gasteiger charge is -2.34. The monoisotopic (exact) mass is 340 g/mol. The van der Waals surface area contributed by atoms with Crippen LogP contribution in [-0.4, -0.2) is 25.7 Å². The molecular weight excluding hydrogens is 320 g/mol. The molecule has 0 saturated carbocycles. The van der Waals surface area contributed by atoms with Crippen LogP contribution < -0.4 is 15.4 Å². The maximum absolute atomic E-state index is 12.4. The van der Waals surface area contributed by atoms with Gasteiger partial charge in [-0.15, -0.1) is 0 Å². The van der Waals surface area contributed by atoms with Gasteiger partial charge in [-0.2, -0.15) is 0 Å². The summed E-state index contributed by atoms with van der Waals surface area (Å²) >= 11 is 0. The summed E-state index contributed by atoms with van der Waals surface area (Å²) in [5, 5.41) is 7.28. The molecule has 0 spiro atoms. The summed E-state index contributed by atoms with van der Waals surface area (Å²) in [4.78, 5) is 24.4. The van der Waals surface area contributed by atoms with Crippen molar-refractivity contribution in [2.45, 2.75) is 13.0 Å². The number of esters is 1. The number of benzene rings is 2. The van der Waals surface area contributed by atoms with E-state index in [4.69, 9.17) is 9.47 Å². The molecule has 0 unspecified atom stereocenters. The SMILES string of the molecule is C=C1NC(=O)N[C@H](c2c(OCC)ccc3ccccc23)[C@H]1C(=O)OC. The Bertz CT molecular complexity index is 846. The van der Waals surface area contributed by atoms with Crippen molar-refractivity contribution in [3.63, 3.8) is 0 Å². The van der Waals surface area contributed by atoms with Gasteiger partial charge in [0.05, 0.1) is 19.8 Å². The first-order valence-electron chi connectivity index (χ1n) is 8.05. The fourth-order valence-corrected chi connectivity index (χ4v) is 3.21. The van der Waals surface area contributed by atoms with Gasteiger partial charge in [-0.3, -0.25) is 4.79 Å². The molecule has 130 valence electrons. The molecule has 25 heavy (non-hydrogen) atoms. The third-order valence-electron chi connectivity index (χ3n) is 4.27. The molecule has 0 bridgehead atoms. The molecule has 2 aromatic carbocycles. The zero-order valence-electron chi connectivity index (χ0n) is 14.2. The number of carbonyl (C=O) groups excluding carboxylic acids is 2. The number of urea groups is 1. The number of rotatable bonds is 4. The lowest BCUT2D eigenvalue weighted by atomic mass is 9.86. The molecule has 1 heterocycles. The summed E-state index contributed by atoms with van der Waals surface area (Å²) in [6.45, 7) is 6.18. The minimum Gasteiger partial charge on any atom is -0.493 e. The van der Waals surface area contributed by atoms with Crippen LogP contribution in [0.4, 0.5) is 4.79 Å². The lowest BCUT2D eigenvalue weighted by molar-refractivity contribution is -0.145. The van der Waals surface area contributed by atoms with E-state index in [0.717, 1.165) is 16.3 Å². The second-order valence-electron chi connectivity index (χ2n) is 5.73. The van der Waals surface area contributed by atoms with Crippen LogP contribution in [0.5, 0.6) is 5.75 Å². The Balaban J connectivity index is 2.23. The molecule has 2 atom stereocenters. The minimum absolute atomic E-state index is 0.302. The average Bonchev–Trinajstić information content (AvgIpc) is 2.60.